The molecule has 0 N–H and O–H groups in total. The third kappa shape index (κ3) is 3.22. The highest BCUT2D eigenvalue weighted by Crippen LogP contribution is 2.28. The number of ether oxygens (including phenoxy) is 1. The molecular weight excluding hydrogens is 356 g/mol. The van der Waals surface area contributed by atoms with Crippen LogP contribution in [0.5, 0.6) is 5.75 Å². The zero-order valence-electron chi connectivity index (χ0n) is 16.4. The van der Waals surface area contributed by atoms with Gasteiger partial charge in [0.15, 0.2) is 0 Å². The molecule has 1 aliphatic heterocycles. The SMILES string of the molecule is COc1ccc(CN2CCC(c3ccc4c(=O)n(C)c(=O)n(C)c4n3)C2)cc1. The van der Waals surface area contributed by atoms with Crippen LogP contribution in [-0.2, 0) is 20.6 Å². The Bertz CT molecular complexity index is 1130. The summed E-state index contributed by atoms with van der Waals surface area (Å²) in [5, 5.41) is 0.474. The van der Waals surface area contributed by atoms with E-state index in [0.717, 1.165) is 42.1 Å². The van der Waals surface area contributed by atoms with E-state index < -0.39 is 0 Å². The van der Waals surface area contributed by atoms with Crippen molar-refractivity contribution in [2.45, 2.75) is 18.9 Å². The van der Waals surface area contributed by atoms with Gasteiger partial charge in [-0.2, -0.15) is 0 Å². The normalized spacial score (nSPS) is 17.3. The summed E-state index contributed by atoms with van der Waals surface area (Å²) in [7, 11) is 4.82. The average Bonchev–Trinajstić information content (AvgIpc) is 3.19. The van der Waals surface area contributed by atoms with E-state index in [1.165, 1.54) is 17.2 Å². The molecule has 28 heavy (non-hydrogen) atoms. The van der Waals surface area contributed by atoms with Crippen LogP contribution in [-0.4, -0.2) is 39.2 Å². The van der Waals surface area contributed by atoms with Crippen molar-refractivity contribution in [3.63, 3.8) is 0 Å². The number of aryl methyl sites for hydroxylation is 1. The molecular formula is C21H24N4O3. The van der Waals surface area contributed by atoms with Crippen molar-refractivity contribution in [3.05, 3.63) is 68.5 Å². The lowest BCUT2D eigenvalue weighted by Gasteiger charge is -2.16. The molecule has 3 heterocycles. The molecule has 0 radical (unpaired) electrons. The number of pyridine rings is 1. The van der Waals surface area contributed by atoms with Gasteiger partial charge in [-0.1, -0.05) is 12.1 Å². The molecule has 146 valence electrons. The van der Waals surface area contributed by atoms with Crippen LogP contribution in [0.1, 0.15) is 23.6 Å². The van der Waals surface area contributed by atoms with Gasteiger partial charge >= 0.3 is 5.69 Å². The van der Waals surface area contributed by atoms with Gasteiger partial charge in [-0.05, 0) is 42.8 Å². The standard InChI is InChI=1S/C21H24N4O3/c1-23-19-17(20(26)24(2)21(23)27)8-9-18(22-19)15-10-11-25(13-15)12-14-4-6-16(28-3)7-5-14/h4-9,15H,10-13H2,1-3H3. The van der Waals surface area contributed by atoms with Gasteiger partial charge < -0.3 is 4.74 Å². The number of aromatic nitrogens is 3. The van der Waals surface area contributed by atoms with E-state index in [0.29, 0.717) is 17.0 Å². The van der Waals surface area contributed by atoms with Gasteiger partial charge in [0.2, 0.25) is 0 Å². The first-order valence-corrected chi connectivity index (χ1v) is 9.40. The third-order valence-corrected chi connectivity index (χ3v) is 5.58. The highest BCUT2D eigenvalue weighted by molar-refractivity contribution is 5.74. The monoisotopic (exact) mass is 380 g/mol. The number of hydrogen-bond donors (Lipinski definition) is 0. The van der Waals surface area contributed by atoms with Crippen LogP contribution in [0, 0.1) is 0 Å². The van der Waals surface area contributed by atoms with E-state index >= 15 is 0 Å². The smallest absolute Gasteiger partial charge is 0.332 e. The lowest BCUT2D eigenvalue weighted by atomic mass is 10.0. The Labute approximate surface area is 162 Å². The van der Waals surface area contributed by atoms with E-state index in [2.05, 4.69) is 17.0 Å². The zero-order valence-corrected chi connectivity index (χ0v) is 16.4. The summed E-state index contributed by atoms with van der Waals surface area (Å²) in [4.78, 5) is 31.6. The molecule has 4 rings (SSSR count). The first kappa shape index (κ1) is 18.4. The van der Waals surface area contributed by atoms with Crippen molar-refractivity contribution in [1.82, 2.24) is 19.0 Å². The third-order valence-electron chi connectivity index (χ3n) is 5.58. The number of methoxy groups -OCH3 is 1. The molecule has 1 unspecified atom stereocenters. The summed E-state index contributed by atoms with van der Waals surface area (Å²) < 4.78 is 7.78. The van der Waals surface area contributed by atoms with E-state index in [-0.39, 0.29) is 11.2 Å². The lowest BCUT2D eigenvalue weighted by molar-refractivity contribution is 0.326. The van der Waals surface area contributed by atoms with E-state index in [9.17, 15) is 9.59 Å². The molecule has 0 bridgehead atoms. The first-order valence-electron chi connectivity index (χ1n) is 9.40. The Morgan fingerprint density at radius 2 is 1.82 bits per heavy atom. The van der Waals surface area contributed by atoms with Crippen molar-refractivity contribution in [1.29, 1.82) is 0 Å². The largest absolute Gasteiger partial charge is 0.497 e. The van der Waals surface area contributed by atoms with E-state index in [4.69, 9.17) is 9.72 Å². The van der Waals surface area contributed by atoms with Crippen molar-refractivity contribution in [2.24, 2.45) is 14.1 Å². The second kappa shape index (κ2) is 7.24. The van der Waals surface area contributed by atoms with Crippen molar-refractivity contribution in [2.75, 3.05) is 20.2 Å². The molecule has 2 aromatic heterocycles. The van der Waals surface area contributed by atoms with Gasteiger partial charge in [0.25, 0.3) is 5.56 Å². The first-order chi connectivity index (χ1) is 13.5. The van der Waals surface area contributed by atoms with Crippen LogP contribution in [0.2, 0.25) is 0 Å². The lowest BCUT2D eigenvalue weighted by Crippen LogP contribution is -2.37. The molecule has 0 aliphatic carbocycles. The molecule has 3 aromatic rings. The van der Waals surface area contributed by atoms with Crippen LogP contribution >= 0.6 is 0 Å². The van der Waals surface area contributed by atoms with Gasteiger partial charge in [-0.15, -0.1) is 0 Å². The number of rotatable bonds is 4. The molecule has 1 aliphatic rings. The summed E-state index contributed by atoms with van der Waals surface area (Å²) in [5.41, 5.74) is 1.99. The Morgan fingerprint density at radius 3 is 2.54 bits per heavy atom. The fourth-order valence-corrected chi connectivity index (χ4v) is 3.90. The highest BCUT2D eigenvalue weighted by Gasteiger charge is 2.25. The molecule has 1 aromatic carbocycles. The molecule has 1 atom stereocenters. The molecule has 7 heteroatoms. The minimum Gasteiger partial charge on any atom is -0.497 e. The van der Waals surface area contributed by atoms with E-state index in [1.54, 1.807) is 20.2 Å². The van der Waals surface area contributed by atoms with Crippen LogP contribution < -0.4 is 16.0 Å². The number of hydrogen-bond acceptors (Lipinski definition) is 5. The van der Waals surface area contributed by atoms with Gasteiger partial charge in [-0.25, -0.2) is 9.78 Å². The molecule has 1 saturated heterocycles. The van der Waals surface area contributed by atoms with Gasteiger partial charge in [0.05, 0.1) is 12.5 Å². The van der Waals surface area contributed by atoms with Crippen molar-refractivity contribution in [3.8, 4) is 5.75 Å². The number of fused-ring (bicyclic) bond motifs is 1. The number of likely N-dealkylation sites (tertiary alicyclic amines) is 1. The number of benzene rings is 1. The van der Waals surface area contributed by atoms with Crippen LogP contribution in [0.4, 0.5) is 0 Å². The Balaban J connectivity index is 1.56. The predicted molar refractivity (Wildman–Crippen MR) is 108 cm³/mol. The average molecular weight is 380 g/mol. The Morgan fingerprint density at radius 1 is 1.07 bits per heavy atom. The highest BCUT2D eigenvalue weighted by atomic mass is 16.5. The van der Waals surface area contributed by atoms with Crippen LogP contribution in [0.15, 0.2) is 46.0 Å². The second-order valence-electron chi connectivity index (χ2n) is 7.38. The maximum Gasteiger partial charge on any atom is 0.332 e. The molecule has 7 nitrogen and oxygen atoms in total. The quantitative estimate of drug-likeness (QED) is 0.688. The maximum atomic E-state index is 12.3. The topological polar surface area (TPSA) is 69.4 Å². The summed E-state index contributed by atoms with van der Waals surface area (Å²) in [5.74, 6) is 1.15. The fourth-order valence-electron chi connectivity index (χ4n) is 3.90. The van der Waals surface area contributed by atoms with Gasteiger partial charge in [0.1, 0.15) is 11.4 Å². The fraction of sp³-hybridized carbons (Fsp3) is 0.381. The molecule has 0 spiro atoms. The number of nitrogens with zero attached hydrogens (tertiary/aromatic N) is 4. The molecule has 0 saturated carbocycles. The predicted octanol–water partition coefficient (Wildman–Crippen LogP) is 1.63. The van der Waals surface area contributed by atoms with Crippen molar-refractivity contribution < 1.29 is 4.74 Å². The Hall–Kier alpha value is -2.93. The minimum absolute atomic E-state index is 0.293. The summed E-state index contributed by atoms with van der Waals surface area (Å²) >= 11 is 0. The van der Waals surface area contributed by atoms with Gasteiger partial charge in [0, 0.05) is 38.8 Å². The maximum absolute atomic E-state index is 12.3. The second-order valence-corrected chi connectivity index (χ2v) is 7.38. The summed E-state index contributed by atoms with van der Waals surface area (Å²) in [6.07, 6.45) is 1.01. The van der Waals surface area contributed by atoms with Crippen LogP contribution in [0.25, 0.3) is 11.0 Å². The minimum atomic E-state index is -0.352. The van der Waals surface area contributed by atoms with Crippen molar-refractivity contribution >= 4 is 11.0 Å². The van der Waals surface area contributed by atoms with E-state index in [1.807, 2.05) is 18.2 Å². The molecule has 1 fully saturated rings. The summed E-state index contributed by atoms with van der Waals surface area (Å²) in [6, 6.07) is 11.9. The molecule has 0 amide bonds. The Kier molecular flexibility index (Phi) is 4.77. The zero-order chi connectivity index (χ0) is 19.8. The summed E-state index contributed by atoms with van der Waals surface area (Å²) in [6.45, 7) is 2.78. The van der Waals surface area contributed by atoms with Gasteiger partial charge in [-0.3, -0.25) is 18.8 Å². The van der Waals surface area contributed by atoms with Crippen LogP contribution in [0.3, 0.4) is 0 Å².